The summed E-state index contributed by atoms with van der Waals surface area (Å²) in [5, 5.41) is 13.9. The standard InChI is InChI=1S/C16H21N5O/c1-11(2)17-15-10-9-14(19-20-15)16(22)18-12-5-7-13(8-6-12)21(3)4/h5-11H,1-4H3,(H,17,20)(H,18,22). The van der Waals surface area contributed by atoms with Crippen molar-refractivity contribution >= 4 is 23.1 Å². The van der Waals surface area contributed by atoms with Crippen LogP contribution in [0.4, 0.5) is 17.2 Å². The summed E-state index contributed by atoms with van der Waals surface area (Å²) >= 11 is 0. The van der Waals surface area contributed by atoms with Gasteiger partial charge in [-0.25, -0.2) is 0 Å². The lowest BCUT2D eigenvalue weighted by atomic mass is 10.2. The summed E-state index contributed by atoms with van der Waals surface area (Å²) in [7, 11) is 3.94. The zero-order valence-electron chi connectivity index (χ0n) is 13.3. The van der Waals surface area contributed by atoms with E-state index < -0.39 is 0 Å². The molecule has 1 amide bonds. The maximum Gasteiger partial charge on any atom is 0.276 e. The van der Waals surface area contributed by atoms with Gasteiger partial charge in [-0.05, 0) is 50.2 Å². The van der Waals surface area contributed by atoms with Crippen LogP contribution in [0.5, 0.6) is 0 Å². The Hall–Kier alpha value is -2.63. The molecule has 0 saturated carbocycles. The third kappa shape index (κ3) is 4.18. The van der Waals surface area contributed by atoms with E-state index >= 15 is 0 Å². The molecule has 1 aromatic carbocycles. The highest BCUT2D eigenvalue weighted by molar-refractivity contribution is 6.02. The fourth-order valence-corrected chi connectivity index (χ4v) is 1.86. The topological polar surface area (TPSA) is 70.2 Å². The molecule has 0 aliphatic rings. The predicted octanol–water partition coefficient (Wildman–Crippen LogP) is 2.62. The van der Waals surface area contributed by atoms with Gasteiger partial charge in [0.25, 0.3) is 5.91 Å². The Bertz CT molecular complexity index is 620. The summed E-state index contributed by atoms with van der Waals surface area (Å²) in [6.07, 6.45) is 0. The molecule has 2 aromatic rings. The molecule has 0 aliphatic carbocycles. The molecule has 116 valence electrons. The van der Waals surface area contributed by atoms with Crippen molar-refractivity contribution in [1.82, 2.24) is 10.2 Å². The van der Waals surface area contributed by atoms with E-state index in [2.05, 4.69) is 20.8 Å². The van der Waals surface area contributed by atoms with Gasteiger partial charge in [0.1, 0.15) is 5.82 Å². The van der Waals surface area contributed by atoms with E-state index in [1.54, 1.807) is 12.1 Å². The van der Waals surface area contributed by atoms with E-state index in [1.165, 1.54) is 0 Å². The fraction of sp³-hybridized carbons (Fsp3) is 0.312. The first-order valence-electron chi connectivity index (χ1n) is 7.14. The van der Waals surface area contributed by atoms with Crippen molar-refractivity contribution in [2.24, 2.45) is 0 Å². The van der Waals surface area contributed by atoms with E-state index in [0.717, 1.165) is 11.4 Å². The highest BCUT2D eigenvalue weighted by Crippen LogP contribution is 2.16. The Morgan fingerprint density at radius 2 is 1.73 bits per heavy atom. The van der Waals surface area contributed by atoms with E-state index in [9.17, 15) is 4.79 Å². The zero-order valence-corrected chi connectivity index (χ0v) is 13.3. The van der Waals surface area contributed by atoms with E-state index in [0.29, 0.717) is 5.82 Å². The Kier molecular flexibility index (Phi) is 4.93. The first-order valence-corrected chi connectivity index (χ1v) is 7.14. The van der Waals surface area contributed by atoms with Gasteiger partial charge in [0.15, 0.2) is 5.69 Å². The summed E-state index contributed by atoms with van der Waals surface area (Å²) in [6, 6.07) is 11.3. The molecule has 0 unspecified atom stereocenters. The molecule has 2 rings (SSSR count). The van der Waals surface area contributed by atoms with Gasteiger partial charge in [-0.3, -0.25) is 4.79 Å². The number of carbonyl (C=O) groups excluding carboxylic acids is 1. The number of hydrogen-bond acceptors (Lipinski definition) is 5. The van der Waals surface area contributed by atoms with Crippen molar-refractivity contribution in [3.8, 4) is 0 Å². The van der Waals surface area contributed by atoms with Crippen LogP contribution in [-0.4, -0.2) is 36.2 Å². The van der Waals surface area contributed by atoms with Crippen molar-refractivity contribution in [2.75, 3.05) is 29.6 Å². The minimum atomic E-state index is -0.277. The first kappa shape index (κ1) is 15.8. The summed E-state index contributed by atoms with van der Waals surface area (Å²) in [5.74, 6) is 0.378. The third-order valence-electron chi connectivity index (χ3n) is 2.98. The smallest absolute Gasteiger partial charge is 0.276 e. The van der Waals surface area contributed by atoms with Crippen molar-refractivity contribution < 1.29 is 4.79 Å². The number of benzene rings is 1. The molecule has 1 aromatic heterocycles. The van der Waals surface area contributed by atoms with Crippen LogP contribution in [0.2, 0.25) is 0 Å². The van der Waals surface area contributed by atoms with Crippen molar-refractivity contribution in [2.45, 2.75) is 19.9 Å². The number of hydrogen-bond donors (Lipinski definition) is 2. The maximum atomic E-state index is 12.1. The number of amides is 1. The highest BCUT2D eigenvalue weighted by Gasteiger charge is 2.09. The summed E-state index contributed by atoms with van der Waals surface area (Å²) < 4.78 is 0. The molecular weight excluding hydrogens is 278 g/mol. The fourth-order valence-electron chi connectivity index (χ4n) is 1.86. The van der Waals surface area contributed by atoms with Crippen LogP contribution in [0.1, 0.15) is 24.3 Å². The zero-order chi connectivity index (χ0) is 16.1. The van der Waals surface area contributed by atoms with Crippen LogP contribution in [0, 0.1) is 0 Å². The number of aromatic nitrogens is 2. The minimum Gasteiger partial charge on any atom is -0.378 e. The van der Waals surface area contributed by atoms with E-state index in [4.69, 9.17) is 0 Å². The molecule has 2 N–H and O–H groups in total. The van der Waals surface area contributed by atoms with Crippen molar-refractivity contribution in [3.05, 3.63) is 42.1 Å². The average Bonchev–Trinajstić information content (AvgIpc) is 2.48. The van der Waals surface area contributed by atoms with Gasteiger partial charge in [-0.15, -0.1) is 10.2 Å². The Morgan fingerprint density at radius 3 is 2.23 bits per heavy atom. The largest absolute Gasteiger partial charge is 0.378 e. The number of nitrogens with one attached hydrogen (secondary N) is 2. The van der Waals surface area contributed by atoms with Crippen LogP contribution < -0.4 is 15.5 Å². The number of nitrogens with zero attached hydrogens (tertiary/aromatic N) is 3. The second-order valence-corrected chi connectivity index (χ2v) is 5.50. The van der Waals surface area contributed by atoms with Crippen LogP contribution in [0.3, 0.4) is 0 Å². The van der Waals surface area contributed by atoms with Crippen LogP contribution in [0.15, 0.2) is 36.4 Å². The molecule has 0 atom stereocenters. The minimum absolute atomic E-state index is 0.268. The molecule has 0 spiro atoms. The molecular formula is C16H21N5O. The molecule has 0 aliphatic heterocycles. The average molecular weight is 299 g/mol. The SMILES string of the molecule is CC(C)Nc1ccc(C(=O)Nc2ccc(N(C)C)cc2)nn1. The molecule has 0 bridgehead atoms. The van der Waals surface area contributed by atoms with Gasteiger partial charge in [-0.1, -0.05) is 0 Å². The van der Waals surface area contributed by atoms with Gasteiger partial charge in [-0.2, -0.15) is 0 Å². The third-order valence-corrected chi connectivity index (χ3v) is 2.98. The highest BCUT2D eigenvalue weighted by atomic mass is 16.1. The van der Waals surface area contributed by atoms with Gasteiger partial charge >= 0.3 is 0 Å². The second-order valence-electron chi connectivity index (χ2n) is 5.50. The molecule has 0 radical (unpaired) electrons. The monoisotopic (exact) mass is 299 g/mol. The van der Waals surface area contributed by atoms with Crippen LogP contribution in [0.25, 0.3) is 0 Å². The molecule has 22 heavy (non-hydrogen) atoms. The van der Waals surface area contributed by atoms with Crippen LogP contribution >= 0.6 is 0 Å². The van der Waals surface area contributed by atoms with E-state index in [-0.39, 0.29) is 17.6 Å². The number of anilines is 3. The van der Waals surface area contributed by atoms with Gasteiger partial charge in [0, 0.05) is 31.5 Å². The lowest BCUT2D eigenvalue weighted by Gasteiger charge is -2.13. The number of carbonyl (C=O) groups is 1. The Morgan fingerprint density at radius 1 is 1.05 bits per heavy atom. The Labute approximate surface area is 130 Å². The normalized spacial score (nSPS) is 10.4. The van der Waals surface area contributed by atoms with Crippen LogP contribution in [-0.2, 0) is 0 Å². The Balaban J connectivity index is 2.02. The molecule has 1 heterocycles. The van der Waals surface area contributed by atoms with Gasteiger partial charge in [0.2, 0.25) is 0 Å². The second kappa shape index (κ2) is 6.89. The first-order chi connectivity index (χ1) is 10.5. The van der Waals surface area contributed by atoms with Crippen molar-refractivity contribution in [3.63, 3.8) is 0 Å². The summed E-state index contributed by atoms with van der Waals surface area (Å²) in [4.78, 5) is 14.1. The maximum absolute atomic E-state index is 12.1. The summed E-state index contributed by atoms with van der Waals surface area (Å²) in [5.41, 5.74) is 2.08. The molecule has 0 saturated heterocycles. The number of rotatable bonds is 5. The molecule has 6 nitrogen and oxygen atoms in total. The van der Waals surface area contributed by atoms with E-state index in [1.807, 2.05) is 57.1 Å². The lowest BCUT2D eigenvalue weighted by molar-refractivity contribution is 0.102. The predicted molar refractivity (Wildman–Crippen MR) is 89.5 cm³/mol. The molecule has 6 heteroatoms. The van der Waals surface area contributed by atoms with Crippen molar-refractivity contribution in [1.29, 1.82) is 0 Å². The quantitative estimate of drug-likeness (QED) is 0.888. The van der Waals surface area contributed by atoms with Gasteiger partial charge in [0.05, 0.1) is 0 Å². The lowest BCUT2D eigenvalue weighted by Crippen LogP contribution is -2.16. The summed E-state index contributed by atoms with van der Waals surface area (Å²) in [6.45, 7) is 4.03. The molecule has 0 fully saturated rings. The van der Waals surface area contributed by atoms with Gasteiger partial charge < -0.3 is 15.5 Å².